The van der Waals surface area contributed by atoms with Crippen molar-refractivity contribution in [3.63, 3.8) is 0 Å². The highest BCUT2D eigenvalue weighted by molar-refractivity contribution is 6.31. The van der Waals surface area contributed by atoms with Crippen LogP contribution in [-0.2, 0) is 41.5 Å². The third-order valence-electron chi connectivity index (χ3n) is 9.91. The van der Waals surface area contributed by atoms with Crippen molar-refractivity contribution < 1.29 is 58.5 Å². The number of rotatable bonds is 5. The lowest BCUT2D eigenvalue weighted by atomic mass is 9.71. The van der Waals surface area contributed by atoms with Crippen molar-refractivity contribution in [2.24, 2.45) is 0 Å². The smallest absolute Gasteiger partial charge is 0.198 e. The van der Waals surface area contributed by atoms with Crippen LogP contribution in [0.5, 0.6) is 11.5 Å². The number of hydrogen-bond donors (Lipinski definition) is 4. The standard InChI is InChI=1S/C32H35NO12/c1-13-29-18(33-7-8-42-31(41-3)30(33)45-29)9-20(43-13)44-19-11-32(40,14(2)35)10-17-22(19)28(39)24-23(26(17)37)25(36)16-6-4-5-15(12-34)21(16)27(24)38/h4-6,13,18-20,29-31,34,37,39-40H,7-12H2,1-3H3/t13-,18-,19-,20-,29+,30+,31-,32-/m0/s1. The number of carbonyl (C=O) groups is 3. The fraction of sp³-hybridized carbons (Fsp3) is 0.531. The average molecular weight is 626 g/mol. The zero-order chi connectivity index (χ0) is 31.9. The van der Waals surface area contributed by atoms with Crippen LogP contribution in [0.1, 0.15) is 81.3 Å². The Morgan fingerprint density at radius 2 is 1.87 bits per heavy atom. The molecule has 4 N–H and O–H groups in total. The number of fused-ring (bicyclic) bond motifs is 6. The Balaban J connectivity index is 1.29. The minimum Gasteiger partial charge on any atom is -0.507 e. The van der Waals surface area contributed by atoms with Crippen LogP contribution in [0.25, 0.3) is 0 Å². The molecule has 7 rings (SSSR count). The molecule has 3 heterocycles. The number of carbonyl (C=O) groups excluding carboxylic acids is 3. The Morgan fingerprint density at radius 1 is 1.11 bits per heavy atom. The lowest BCUT2D eigenvalue weighted by molar-refractivity contribution is -0.256. The van der Waals surface area contributed by atoms with Crippen LogP contribution < -0.4 is 0 Å². The predicted octanol–water partition coefficient (Wildman–Crippen LogP) is 1.22. The van der Waals surface area contributed by atoms with Crippen LogP contribution in [0.3, 0.4) is 0 Å². The summed E-state index contributed by atoms with van der Waals surface area (Å²) in [6.45, 7) is 3.56. The Kier molecular flexibility index (Phi) is 7.37. The van der Waals surface area contributed by atoms with Crippen LogP contribution in [-0.4, -0.2) is 106 Å². The number of methoxy groups -OCH3 is 1. The number of benzene rings is 2. The molecule has 13 heteroatoms. The van der Waals surface area contributed by atoms with E-state index in [2.05, 4.69) is 4.90 Å². The van der Waals surface area contributed by atoms with E-state index >= 15 is 0 Å². The number of hydrogen-bond acceptors (Lipinski definition) is 13. The van der Waals surface area contributed by atoms with Crippen LogP contribution in [0.2, 0.25) is 0 Å². The zero-order valence-electron chi connectivity index (χ0n) is 25.0. The van der Waals surface area contributed by atoms with E-state index in [0.717, 1.165) is 0 Å². The number of phenols is 2. The molecule has 2 aromatic rings. The molecule has 0 aromatic heterocycles. The molecule has 0 amide bonds. The quantitative estimate of drug-likeness (QED) is 0.298. The van der Waals surface area contributed by atoms with Crippen molar-refractivity contribution in [2.45, 2.75) is 88.5 Å². The van der Waals surface area contributed by atoms with E-state index in [1.54, 1.807) is 7.11 Å². The van der Waals surface area contributed by atoms with Gasteiger partial charge in [0.15, 0.2) is 36.2 Å². The SMILES string of the molecule is CO[C@H]1OCCN2[C@@H]1O[C@@H]1[C@H](C)O[C@@H](O[C@H]3C[C@](O)(C(C)=O)Cc4c(O)c5c(c(O)c43)C(=O)c3c(CO)cccc3C5=O)C[C@@H]12. The summed E-state index contributed by atoms with van der Waals surface area (Å²) < 4.78 is 30.1. The summed E-state index contributed by atoms with van der Waals surface area (Å²) in [6, 6.07) is 4.27. The number of ether oxygens (including phenoxy) is 5. The summed E-state index contributed by atoms with van der Waals surface area (Å²) in [6.07, 6.45) is -4.25. The number of aliphatic hydroxyl groups excluding tert-OH is 1. The molecule has 8 atom stereocenters. The fourth-order valence-electron chi connectivity index (χ4n) is 7.66. The summed E-state index contributed by atoms with van der Waals surface area (Å²) in [7, 11) is 1.55. The molecule has 45 heavy (non-hydrogen) atoms. The van der Waals surface area contributed by atoms with Gasteiger partial charge in [0, 0.05) is 61.2 Å². The molecular formula is C32H35NO12. The first-order valence-electron chi connectivity index (χ1n) is 15.0. The number of aromatic hydroxyl groups is 2. The highest BCUT2D eigenvalue weighted by Crippen LogP contribution is 2.52. The molecular weight excluding hydrogens is 590 g/mol. The Bertz CT molecular complexity index is 1610. The van der Waals surface area contributed by atoms with Crippen molar-refractivity contribution in [1.29, 1.82) is 0 Å². The molecule has 5 aliphatic rings. The van der Waals surface area contributed by atoms with Gasteiger partial charge in [-0.15, -0.1) is 0 Å². The molecule has 2 aromatic carbocycles. The molecule has 3 fully saturated rings. The summed E-state index contributed by atoms with van der Waals surface area (Å²) >= 11 is 0. The number of nitrogens with zero attached hydrogens (tertiary/aromatic N) is 1. The minimum atomic E-state index is -2.00. The van der Waals surface area contributed by atoms with E-state index in [4.69, 9.17) is 23.7 Å². The first-order valence-corrected chi connectivity index (χ1v) is 15.0. The maximum Gasteiger partial charge on any atom is 0.198 e. The van der Waals surface area contributed by atoms with Gasteiger partial charge in [-0.1, -0.05) is 18.2 Å². The van der Waals surface area contributed by atoms with Crippen LogP contribution in [0.15, 0.2) is 18.2 Å². The lowest BCUT2D eigenvalue weighted by Gasteiger charge is -2.43. The third kappa shape index (κ3) is 4.48. The molecule has 2 aliphatic carbocycles. The van der Waals surface area contributed by atoms with E-state index in [0.29, 0.717) is 19.6 Å². The molecule has 3 saturated heterocycles. The van der Waals surface area contributed by atoms with Gasteiger partial charge in [0.1, 0.15) is 23.2 Å². The normalized spacial score (nSPS) is 34.0. The molecule has 240 valence electrons. The highest BCUT2D eigenvalue weighted by Gasteiger charge is 2.55. The monoisotopic (exact) mass is 625 g/mol. The molecule has 0 spiro atoms. The van der Waals surface area contributed by atoms with Crippen LogP contribution in [0, 0.1) is 0 Å². The van der Waals surface area contributed by atoms with Crippen molar-refractivity contribution in [2.75, 3.05) is 20.3 Å². The number of ketones is 3. The van der Waals surface area contributed by atoms with Gasteiger partial charge in [0.2, 0.25) is 0 Å². The molecule has 0 unspecified atom stereocenters. The second kappa shape index (κ2) is 10.9. The van der Waals surface area contributed by atoms with Gasteiger partial charge in [-0.05, 0) is 19.4 Å². The van der Waals surface area contributed by atoms with E-state index in [1.807, 2.05) is 6.92 Å². The summed E-state index contributed by atoms with van der Waals surface area (Å²) in [5, 5.41) is 44.6. The van der Waals surface area contributed by atoms with Gasteiger partial charge in [0.05, 0.1) is 36.5 Å². The van der Waals surface area contributed by atoms with E-state index < -0.39 is 89.6 Å². The fourth-order valence-corrected chi connectivity index (χ4v) is 7.66. The van der Waals surface area contributed by atoms with Crippen molar-refractivity contribution in [1.82, 2.24) is 4.90 Å². The first kappa shape index (κ1) is 30.4. The summed E-state index contributed by atoms with van der Waals surface area (Å²) in [4.78, 5) is 42.4. The van der Waals surface area contributed by atoms with Gasteiger partial charge in [-0.2, -0.15) is 0 Å². The Morgan fingerprint density at radius 3 is 2.58 bits per heavy atom. The topological polar surface area (TPSA) is 182 Å². The van der Waals surface area contributed by atoms with Gasteiger partial charge in [-0.25, -0.2) is 0 Å². The van der Waals surface area contributed by atoms with Gasteiger partial charge < -0.3 is 44.1 Å². The van der Waals surface area contributed by atoms with Crippen LogP contribution in [0.4, 0.5) is 0 Å². The van der Waals surface area contributed by atoms with E-state index in [1.165, 1.54) is 25.1 Å². The molecule has 0 saturated carbocycles. The largest absolute Gasteiger partial charge is 0.507 e. The number of Topliss-reactive ketones (excluding diaryl/α,β-unsaturated/α-hetero) is 1. The van der Waals surface area contributed by atoms with Gasteiger partial charge in [0.25, 0.3) is 0 Å². The van der Waals surface area contributed by atoms with Crippen LogP contribution >= 0.6 is 0 Å². The average Bonchev–Trinajstić information content (AvgIpc) is 3.40. The van der Waals surface area contributed by atoms with Crippen molar-refractivity contribution >= 4 is 17.3 Å². The zero-order valence-corrected chi connectivity index (χ0v) is 25.0. The maximum atomic E-state index is 13.8. The Hall–Kier alpha value is -3.27. The molecule has 0 radical (unpaired) electrons. The number of morpholine rings is 1. The molecule has 0 bridgehead atoms. The third-order valence-corrected chi connectivity index (χ3v) is 9.91. The predicted molar refractivity (Wildman–Crippen MR) is 152 cm³/mol. The summed E-state index contributed by atoms with van der Waals surface area (Å²) in [5.74, 6) is -3.28. The van der Waals surface area contributed by atoms with Crippen molar-refractivity contribution in [3.8, 4) is 11.5 Å². The first-order chi connectivity index (χ1) is 21.5. The molecule has 3 aliphatic heterocycles. The van der Waals surface area contributed by atoms with Gasteiger partial charge >= 0.3 is 0 Å². The van der Waals surface area contributed by atoms with Crippen molar-refractivity contribution in [3.05, 3.63) is 57.1 Å². The Labute approximate surface area is 258 Å². The second-order valence-electron chi connectivity index (χ2n) is 12.4. The highest BCUT2D eigenvalue weighted by atomic mass is 16.7. The van der Waals surface area contributed by atoms with E-state index in [-0.39, 0.29) is 46.4 Å². The maximum absolute atomic E-state index is 13.8. The number of aliphatic hydroxyl groups is 2. The lowest BCUT2D eigenvalue weighted by Crippen LogP contribution is -2.55. The molecule has 13 nitrogen and oxygen atoms in total. The number of phenolic OH excluding ortho intramolecular Hbond substituents is 2. The van der Waals surface area contributed by atoms with Gasteiger partial charge in [-0.3, -0.25) is 19.3 Å². The van der Waals surface area contributed by atoms with E-state index in [9.17, 15) is 34.8 Å². The summed E-state index contributed by atoms with van der Waals surface area (Å²) in [5.41, 5.74) is -2.82. The minimum absolute atomic E-state index is 0.00648. The second-order valence-corrected chi connectivity index (χ2v) is 12.4.